The molecule has 2 rings (SSSR count). The van der Waals surface area contributed by atoms with Gasteiger partial charge in [0.1, 0.15) is 10.6 Å². The van der Waals surface area contributed by atoms with Crippen molar-refractivity contribution in [3.8, 4) is 0 Å². The minimum Gasteiger partial charge on any atom is -0.345 e. The highest BCUT2D eigenvalue weighted by molar-refractivity contribution is 7.89. The number of nitrogens with two attached hydrogens (primary N) is 1. The number of aromatic nitrogens is 1. The molecule has 2 heterocycles. The SMILES string of the molecule is CC1CN(C(=O)c2cc(S(N)(=O)=O)cn2C)CC1C. The Bertz CT molecular complexity index is 596. The number of likely N-dealkylation sites (tertiary alicyclic amines) is 1. The van der Waals surface area contributed by atoms with Gasteiger partial charge in [-0.3, -0.25) is 4.79 Å². The molecule has 1 amide bonds. The number of aryl methyl sites for hydroxylation is 1. The quantitative estimate of drug-likeness (QED) is 0.853. The van der Waals surface area contributed by atoms with E-state index in [4.69, 9.17) is 5.14 Å². The molecule has 1 fully saturated rings. The summed E-state index contributed by atoms with van der Waals surface area (Å²) in [5.74, 6) is 0.775. The average Bonchev–Trinajstić information content (AvgIpc) is 2.82. The Morgan fingerprint density at radius 3 is 2.26 bits per heavy atom. The van der Waals surface area contributed by atoms with Crippen LogP contribution in [0, 0.1) is 11.8 Å². The number of primary sulfonamides is 1. The van der Waals surface area contributed by atoms with Gasteiger partial charge in [-0.25, -0.2) is 13.6 Å². The van der Waals surface area contributed by atoms with E-state index < -0.39 is 10.0 Å². The third-order valence-electron chi connectivity index (χ3n) is 3.80. The number of hydrogen-bond acceptors (Lipinski definition) is 3. The molecule has 2 atom stereocenters. The monoisotopic (exact) mass is 285 g/mol. The minimum atomic E-state index is -3.77. The van der Waals surface area contributed by atoms with Gasteiger partial charge in [0, 0.05) is 26.3 Å². The summed E-state index contributed by atoms with van der Waals surface area (Å²) in [5, 5.41) is 5.07. The molecular formula is C12H19N3O3S. The predicted octanol–water partition coefficient (Wildman–Crippen LogP) is 0.400. The first-order chi connectivity index (χ1) is 8.70. The molecule has 6 nitrogen and oxygen atoms in total. The fourth-order valence-corrected chi connectivity index (χ4v) is 2.94. The van der Waals surface area contributed by atoms with Crippen molar-refractivity contribution in [2.75, 3.05) is 13.1 Å². The van der Waals surface area contributed by atoms with Crippen molar-refractivity contribution in [3.63, 3.8) is 0 Å². The van der Waals surface area contributed by atoms with Crippen LogP contribution in [0.25, 0.3) is 0 Å². The molecule has 0 saturated carbocycles. The fourth-order valence-electron chi connectivity index (χ4n) is 2.36. The van der Waals surface area contributed by atoms with Gasteiger partial charge in [-0.05, 0) is 17.9 Å². The van der Waals surface area contributed by atoms with Crippen molar-refractivity contribution < 1.29 is 13.2 Å². The molecule has 2 unspecified atom stereocenters. The lowest BCUT2D eigenvalue weighted by Gasteiger charge is -2.16. The van der Waals surface area contributed by atoms with Gasteiger partial charge in [0.05, 0.1) is 0 Å². The molecule has 1 saturated heterocycles. The molecule has 1 aromatic rings. The van der Waals surface area contributed by atoms with Crippen LogP contribution in [0.15, 0.2) is 17.2 Å². The Morgan fingerprint density at radius 2 is 1.84 bits per heavy atom. The number of carbonyl (C=O) groups is 1. The summed E-state index contributed by atoms with van der Waals surface area (Å²) >= 11 is 0. The predicted molar refractivity (Wildman–Crippen MR) is 71.0 cm³/mol. The maximum Gasteiger partial charge on any atom is 0.270 e. The van der Waals surface area contributed by atoms with E-state index in [0.717, 1.165) is 0 Å². The Balaban J connectivity index is 2.28. The number of nitrogens with zero attached hydrogens (tertiary/aromatic N) is 2. The highest BCUT2D eigenvalue weighted by Gasteiger charge is 2.31. The van der Waals surface area contributed by atoms with Crippen LogP contribution in [0.5, 0.6) is 0 Å². The van der Waals surface area contributed by atoms with Gasteiger partial charge in [0.25, 0.3) is 5.91 Å². The first kappa shape index (κ1) is 14.1. The Labute approximate surface area is 113 Å². The second-order valence-corrected chi connectivity index (χ2v) is 6.94. The molecule has 0 radical (unpaired) electrons. The molecule has 0 aromatic carbocycles. The normalized spacial score (nSPS) is 23.9. The van der Waals surface area contributed by atoms with E-state index in [1.165, 1.54) is 16.8 Å². The smallest absolute Gasteiger partial charge is 0.270 e. The first-order valence-corrected chi connectivity index (χ1v) is 7.73. The van der Waals surface area contributed by atoms with Crippen LogP contribution in [0.2, 0.25) is 0 Å². The minimum absolute atomic E-state index is 0.0290. The largest absolute Gasteiger partial charge is 0.345 e. The second-order valence-electron chi connectivity index (χ2n) is 5.38. The highest BCUT2D eigenvalue weighted by atomic mass is 32.2. The molecule has 0 spiro atoms. The van der Waals surface area contributed by atoms with Crippen molar-refractivity contribution in [1.29, 1.82) is 0 Å². The third-order valence-corrected chi connectivity index (χ3v) is 4.68. The molecule has 106 valence electrons. The van der Waals surface area contributed by atoms with Crippen molar-refractivity contribution >= 4 is 15.9 Å². The summed E-state index contributed by atoms with van der Waals surface area (Å²) in [4.78, 5) is 14.1. The van der Waals surface area contributed by atoms with Crippen LogP contribution >= 0.6 is 0 Å². The average molecular weight is 285 g/mol. The van der Waals surface area contributed by atoms with Gasteiger partial charge in [0.15, 0.2) is 0 Å². The number of rotatable bonds is 2. The lowest BCUT2D eigenvalue weighted by molar-refractivity contribution is 0.0775. The van der Waals surface area contributed by atoms with E-state index in [2.05, 4.69) is 13.8 Å². The highest BCUT2D eigenvalue weighted by Crippen LogP contribution is 2.24. The van der Waals surface area contributed by atoms with Crippen LogP contribution in [0.1, 0.15) is 24.3 Å². The zero-order chi connectivity index (χ0) is 14.4. The number of carbonyl (C=O) groups excluding carboxylic acids is 1. The standard InChI is InChI=1S/C12H19N3O3S/c1-8-5-15(6-9(8)2)12(16)11-4-10(7-14(11)3)19(13,17)18/h4,7-9H,5-6H2,1-3H3,(H2,13,17,18). The third kappa shape index (κ3) is 2.66. The molecule has 7 heteroatoms. The maximum atomic E-state index is 12.4. The summed E-state index contributed by atoms with van der Waals surface area (Å²) in [7, 11) is -2.13. The summed E-state index contributed by atoms with van der Waals surface area (Å²) in [6.07, 6.45) is 1.37. The van der Waals surface area contributed by atoms with Crippen LogP contribution in [0.3, 0.4) is 0 Å². The Morgan fingerprint density at radius 1 is 1.32 bits per heavy atom. The van der Waals surface area contributed by atoms with Crippen LogP contribution in [-0.4, -0.2) is 36.9 Å². The molecular weight excluding hydrogens is 266 g/mol. The molecule has 0 aliphatic carbocycles. The summed E-state index contributed by atoms with van der Waals surface area (Å²) in [6.45, 7) is 5.63. The van der Waals surface area contributed by atoms with Gasteiger partial charge < -0.3 is 9.47 Å². The number of amides is 1. The second kappa shape index (κ2) is 4.64. The molecule has 2 N–H and O–H groups in total. The zero-order valence-corrected chi connectivity index (χ0v) is 12.1. The van der Waals surface area contributed by atoms with E-state index in [0.29, 0.717) is 30.6 Å². The molecule has 19 heavy (non-hydrogen) atoms. The van der Waals surface area contributed by atoms with E-state index >= 15 is 0 Å². The fraction of sp³-hybridized carbons (Fsp3) is 0.583. The van der Waals surface area contributed by atoms with Crippen LogP contribution < -0.4 is 5.14 Å². The first-order valence-electron chi connectivity index (χ1n) is 6.18. The number of sulfonamides is 1. The molecule has 1 aliphatic heterocycles. The molecule has 1 aromatic heterocycles. The lowest BCUT2D eigenvalue weighted by atomic mass is 10.0. The van der Waals surface area contributed by atoms with E-state index in [9.17, 15) is 13.2 Å². The van der Waals surface area contributed by atoms with Crippen molar-refractivity contribution in [2.45, 2.75) is 18.7 Å². The van der Waals surface area contributed by atoms with Crippen LogP contribution in [0.4, 0.5) is 0 Å². The van der Waals surface area contributed by atoms with Gasteiger partial charge >= 0.3 is 0 Å². The van der Waals surface area contributed by atoms with E-state index in [1.807, 2.05) is 0 Å². The topological polar surface area (TPSA) is 85.4 Å². The van der Waals surface area contributed by atoms with Crippen molar-refractivity contribution in [2.24, 2.45) is 24.0 Å². The summed E-state index contributed by atoms with van der Waals surface area (Å²) in [6, 6.07) is 1.34. The van der Waals surface area contributed by atoms with Gasteiger partial charge in [-0.1, -0.05) is 13.8 Å². The van der Waals surface area contributed by atoms with Gasteiger partial charge in [0.2, 0.25) is 10.0 Å². The van der Waals surface area contributed by atoms with Crippen molar-refractivity contribution in [3.05, 3.63) is 18.0 Å². The molecule has 1 aliphatic rings. The Kier molecular flexibility index (Phi) is 3.44. The van der Waals surface area contributed by atoms with Gasteiger partial charge in [-0.2, -0.15) is 0 Å². The summed E-state index contributed by atoms with van der Waals surface area (Å²) < 4.78 is 24.1. The van der Waals surface area contributed by atoms with Gasteiger partial charge in [-0.15, -0.1) is 0 Å². The molecule has 0 bridgehead atoms. The maximum absolute atomic E-state index is 12.4. The van der Waals surface area contributed by atoms with E-state index in [1.54, 1.807) is 11.9 Å². The Hall–Kier alpha value is -1.34. The number of hydrogen-bond donors (Lipinski definition) is 1. The van der Waals surface area contributed by atoms with Crippen LogP contribution in [-0.2, 0) is 17.1 Å². The zero-order valence-electron chi connectivity index (χ0n) is 11.3. The summed E-state index contributed by atoms with van der Waals surface area (Å²) in [5.41, 5.74) is 0.352. The lowest BCUT2D eigenvalue weighted by Crippen LogP contribution is -2.30. The van der Waals surface area contributed by atoms with E-state index in [-0.39, 0.29) is 10.8 Å². The van der Waals surface area contributed by atoms with Crippen molar-refractivity contribution in [1.82, 2.24) is 9.47 Å².